The van der Waals surface area contributed by atoms with Crippen LogP contribution in [0.15, 0.2) is 0 Å². The molecule has 0 saturated carbocycles. The molecule has 2 heteroatoms. The van der Waals surface area contributed by atoms with Crippen LogP contribution in [-0.4, -0.2) is 25.7 Å². The van der Waals surface area contributed by atoms with Crippen molar-refractivity contribution in [1.29, 1.82) is 0 Å². The van der Waals surface area contributed by atoms with Gasteiger partial charge in [-0.15, -0.1) is 0 Å². The molecule has 2 saturated heterocycles. The van der Waals surface area contributed by atoms with E-state index in [1.165, 1.54) is 38.9 Å². The lowest BCUT2D eigenvalue weighted by atomic mass is 9.81. The van der Waals surface area contributed by atoms with Crippen molar-refractivity contribution >= 4 is 0 Å². The molecule has 0 aromatic heterocycles. The number of nitrogens with one attached hydrogen (secondary N) is 2. The highest BCUT2D eigenvalue weighted by atomic mass is 15.0. The van der Waals surface area contributed by atoms with E-state index in [4.69, 9.17) is 0 Å². The van der Waals surface area contributed by atoms with Crippen molar-refractivity contribution in [2.24, 2.45) is 17.8 Å². The molecule has 0 aromatic carbocycles. The van der Waals surface area contributed by atoms with Crippen molar-refractivity contribution in [2.45, 2.75) is 39.2 Å². The largest absolute Gasteiger partial charge is 0.316 e. The van der Waals surface area contributed by atoms with Gasteiger partial charge >= 0.3 is 0 Å². The number of hydrogen-bond donors (Lipinski definition) is 2. The summed E-state index contributed by atoms with van der Waals surface area (Å²) < 4.78 is 0. The summed E-state index contributed by atoms with van der Waals surface area (Å²) in [7, 11) is 0. The van der Waals surface area contributed by atoms with Crippen molar-refractivity contribution in [1.82, 2.24) is 10.6 Å². The summed E-state index contributed by atoms with van der Waals surface area (Å²) >= 11 is 0. The van der Waals surface area contributed by atoms with E-state index >= 15 is 0 Å². The highest BCUT2D eigenvalue weighted by Gasteiger charge is 2.38. The zero-order valence-corrected chi connectivity index (χ0v) is 9.55. The predicted molar refractivity (Wildman–Crippen MR) is 60.3 cm³/mol. The van der Waals surface area contributed by atoms with Crippen LogP contribution in [-0.2, 0) is 0 Å². The maximum Gasteiger partial charge on any atom is 0.0139 e. The Balaban J connectivity index is 1.98. The maximum absolute atomic E-state index is 3.72. The van der Waals surface area contributed by atoms with Crippen LogP contribution in [0.4, 0.5) is 0 Å². The quantitative estimate of drug-likeness (QED) is 0.717. The van der Waals surface area contributed by atoms with Gasteiger partial charge in [-0.1, -0.05) is 26.7 Å². The van der Waals surface area contributed by atoms with Gasteiger partial charge in [0, 0.05) is 6.04 Å². The van der Waals surface area contributed by atoms with E-state index in [0.717, 1.165) is 23.8 Å². The molecule has 4 atom stereocenters. The van der Waals surface area contributed by atoms with Crippen LogP contribution in [0, 0.1) is 17.8 Å². The van der Waals surface area contributed by atoms with Crippen LogP contribution in [0.5, 0.6) is 0 Å². The third kappa shape index (κ3) is 1.82. The molecule has 0 bridgehead atoms. The molecular weight excluding hydrogens is 172 g/mol. The second-order valence-corrected chi connectivity index (χ2v) is 4.93. The predicted octanol–water partition coefficient (Wildman–Crippen LogP) is 1.62. The minimum absolute atomic E-state index is 0.806. The third-order valence-corrected chi connectivity index (χ3v) is 4.31. The van der Waals surface area contributed by atoms with Crippen LogP contribution < -0.4 is 10.6 Å². The summed E-state index contributed by atoms with van der Waals surface area (Å²) in [5.74, 6) is 2.75. The fourth-order valence-corrected chi connectivity index (χ4v) is 3.36. The molecule has 0 amide bonds. The Morgan fingerprint density at radius 1 is 1.07 bits per heavy atom. The molecule has 2 nitrogen and oxygen atoms in total. The molecule has 2 N–H and O–H groups in total. The van der Waals surface area contributed by atoms with Crippen LogP contribution >= 0.6 is 0 Å². The summed E-state index contributed by atoms with van der Waals surface area (Å²) in [6, 6.07) is 0.806. The Labute approximate surface area is 87.8 Å². The van der Waals surface area contributed by atoms with E-state index in [2.05, 4.69) is 24.5 Å². The lowest BCUT2D eigenvalue weighted by Crippen LogP contribution is -2.39. The molecule has 14 heavy (non-hydrogen) atoms. The van der Waals surface area contributed by atoms with Gasteiger partial charge in [-0.3, -0.25) is 0 Å². The maximum atomic E-state index is 3.72. The van der Waals surface area contributed by atoms with Gasteiger partial charge < -0.3 is 10.6 Å². The standard InChI is InChI=1S/C12H24N2/c1-3-9-5-6-14-12(9)11-8-13-7-10(11)4-2/h9-14H,3-8H2,1-2H3/t9-,10?,11?,12?/m0/s1. The molecule has 2 aliphatic rings. The van der Waals surface area contributed by atoms with Gasteiger partial charge in [-0.25, -0.2) is 0 Å². The third-order valence-electron chi connectivity index (χ3n) is 4.31. The summed E-state index contributed by atoms with van der Waals surface area (Å²) in [6.07, 6.45) is 4.09. The lowest BCUT2D eigenvalue weighted by molar-refractivity contribution is 0.265. The Morgan fingerprint density at radius 3 is 2.57 bits per heavy atom. The minimum Gasteiger partial charge on any atom is -0.316 e. The summed E-state index contributed by atoms with van der Waals surface area (Å²) in [5, 5.41) is 7.28. The second-order valence-electron chi connectivity index (χ2n) is 4.93. The van der Waals surface area contributed by atoms with Gasteiger partial charge in [0.25, 0.3) is 0 Å². The highest BCUT2D eigenvalue weighted by molar-refractivity contribution is 4.95. The van der Waals surface area contributed by atoms with Gasteiger partial charge in [0.1, 0.15) is 0 Å². The minimum atomic E-state index is 0.806. The fraction of sp³-hybridized carbons (Fsp3) is 1.00. The van der Waals surface area contributed by atoms with E-state index in [9.17, 15) is 0 Å². The average Bonchev–Trinajstić information content (AvgIpc) is 2.85. The summed E-state index contributed by atoms with van der Waals surface area (Å²) in [5.41, 5.74) is 0. The molecular formula is C12H24N2. The fourth-order valence-electron chi connectivity index (χ4n) is 3.36. The van der Waals surface area contributed by atoms with E-state index in [1.54, 1.807) is 0 Å². The van der Waals surface area contributed by atoms with Crippen molar-refractivity contribution in [2.75, 3.05) is 19.6 Å². The molecule has 2 rings (SSSR count). The van der Waals surface area contributed by atoms with Crippen LogP contribution in [0.3, 0.4) is 0 Å². The highest BCUT2D eigenvalue weighted by Crippen LogP contribution is 2.32. The lowest BCUT2D eigenvalue weighted by Gasteiger charge is -2.28. The molecule has 3 unspecified atom stereocenters. The molecule has 82 valence electrons. The van der Waals surface area contributed by atoms with Crippen molar-refractivity contribution in [3.63, 3.8) is 0 Å². The normalized spacial score (nSPS) is 43.3. The summed E-state index contributed by atoms with van der Waals surface area (Å²) in [4.78, 5) is 0. The van der Waals surface area contributed by atoms with E-state index in [-0.39, 0.29) is 0 Å². The first-order valence-corrected chi connectivity index (χ1v) is 6.30. The molecule has 2 fully saturated rings. The van der Waals surface area contributed by atoms with Gasteiger partial charge in [-0.05, 0) is 43.8 Å². The van der Waals surface area contributed by atoms with E-state index < -0.39 is 0 Å². The van der Waals surface area contributed by atoms with Gasteiger partial charge in [0.05, 0.1) is 0 Å². The smallest absolute Gasteiger partial charge is 0.0139 e. The molecule has 0 aliphatic carbocycles. The molecule has 0 spiro atoms. The van der Waals surface area contributed by atoms with E-state index in [0.29, 0.717) is 0 Å². The number of rotatable bonds is 3. The first-order chi connectivity index (χ1) is 6.86. The molecule has 2 aliphatic heterocycles. The van der Waals surface area contributed by atoms with Crippen LogP contribution in [0.25, 0.3) is 0 Å². The topological polar surface area (TPSA) is 24.1 Å². The molecule has 2 heterocycles. The van der Waals surface area contributed by atoms with Gasteiger partial charge in [0.15, 0.2) is 0 Å². The van der Waals surface area contributed by atoms with Gasteiger partial charge in [-0.2, -0.15) is 0 Å². The van der Waals surface area contributed by atoms with Crippen LogP contribution in [0.1, 0.15) is 33.1 Å². The first kappa shape index (κ1) is 10.4. The molecule has 0 radical (unpaired) electrons. The Bertz CT molecular complexity index is 161. The Morgan fingerprint density at radius 2 is 1.86 bits per heavy atom. The monoisotopic (exact) mass is 196 g/mol. The Kier molecular flexibility index (Phi) is 3.45. The van der Waals surface area contributed by atoms with Crippen LogP contribution in [0.2, 0.25) is 0 Å². The second kappa shape index (κ2) is 4.63. The van der Waals surface area contributed by atoms with Crippen molar-refractivity contribution in [3.8, 4) is 0 Å². The Hall–Kier alpha value is -0.0800. The summed E-state index contributed by atoms with van der Waals surface area (Å²) in [6.45, 7) is 8.41. The SMILES string of the molecule is CCC1CNCC1C1NCC[C@@H]1CC. The zero-order chi connectivity index (χ0) is 9.97. The average molecular weight is 196 g/mol. The van der Waals surface area contributed by atoms with Gasteiger partial charge in [0.2, 0.25) is 0 Å². The molecule has 0 aromatic rings. The first-order valence-electron chi connectivity index (χ1n) is 6.30. The van der Waals surface area contributed by atoms with Crippen molar-refractivity contribution in [3.05, 3.63) is 0 Å². The zero-order valence-electron chi connectivity index (χ0n) is 9.55. The number of hydrogen-bond acceptors (Lipinski definition) is 2. The van der Waals surface area contributed by atoms with Crippen molar-refractivity contribution < 1.29 is 0 Å². The van der Waals surface area contributed by atoms with E-state index in [1.807, 2.05) is 0 Å².